The van der Waals surface area contributed by atoms with Crippen LogP contribution in [0.3, 0.4) is 0 Å². The number of hydrogen-bond acceptors (Lipinski definition) is 2. The molecule has 0 amide bonds. The lowest BCUT2D eigenvalue weighted by atomic mass is 9.93. The molecule has 18 heavy (non-hydrogen) atoms. The number of fused-ring (bicyclic) bond motifs is 1. The first-order valence-corrected chi connectivity index (χ1v) is 6.26. The molecule has 0 bridgehead atoms. The van der Waals surface area contributed by atoms with E-state index in [1.54, 1.807) is 0 Å². The molecule has 2 aromatic rings. The van der Waals surface area contributed by atoms with Crippen molar-refractivity contribution in [1.82, 2.24) is 14.6 Å². The molecule has 0 spiro atoms. The average Bonchev–Trinajstić information content (AvgIpc) is 2.96. The fourth-order valence-corrected chi connectivity index (χ4v) is 2.16. The van der Waals surface area contributed by atoms with Crippen molar-refractivity contribution in [1.29, 1.82) is 0 Å². The molecule has 0 fully saturated rings. The number of nitrogens with zero attached hydrogens (tertiary/aromatic N) is 3. The van der Waals surface area contributed by atoms with Crippen LogP contribution in [-0.4, -0.2) is 14.6 Å². The van der Waals surface area contributed by atoms with Crippen molar-refractivity contribution in [2.24, 2.45) is 0 Å². The third-order valence-electron chi connectivity index (χ3n) is 3.25. The van der Waals surface area contributed by atoms with Gasteiger partial charge in [-0.25, -0.2) is 9.50 Å². The summed E-state index contributed by atoms with van der Waals surface area (Å²) in [6.45, 7) is 6.51. The average molecular weight is 239 g/mol. The van der Waals surface area contributed by atoms with E-state index >= 15 is 0 Å². The lowest BCUT2D eigenvalue weighted by molar-refractivity contribution is 0.560. The van der Waals surface area contributed by atoms with Gasteiger partial charge in [0.1, 0.15) is 0 Å². The highest BCUT2D eigenvalue weighted by Gasteiger charge is 2.20. The molecule has 0 atom stereocenters. The summed E-state index contributed by atoms with van der Waals surface area (Å²) in [6, 6.07) is 4.11. The van der Waals surface area contributed by atoms with E-state index in [1.165, 1.54) is 5.69 Å². The van der Waals surface area contributed by atoms with Gasteiger partial charge in [0, 0.05) is 23.6 Å². The Balaban J connectivity index is 2.18. The van der Waals surface area contributed by atoms with Gasteiger partial charge in [0.25, 0.3) is 0 Å². The Morgan fingerprint density at radius 3 is 2.56 bits per heavy atom. The fourth-order valence-electron chi connectivity index (χ4n) is 2.16. The van der Waals surface area contributed by atoms with Crippen LogP contribution >= 0.6 is 0 Å². The topological polar surface area (TPSA) is 30.2 Å². The minimum atomic E-state index is 0.0479. The molecule has 1 aliphatic carbocycles. The number of allylic oxidation sites excluding steroid dienone is 4. The van der Waals surface area contributed by atoms with Crippen molar-refractivity contribution < 1.29 is 0 Å². The lowest BCUT2D eigenvalue weighted by Crippen LogP contribution is -2.12. The maximum Gasteiger partial charge on any atom is 0.155 e. The first-order chi connectivity index (χ1) is 8.55. The predicted octanol–water partition coefficient (Wildman–Crippen LogP) is 3.24. The molecule has 2 aromatic heterocycles. The Kier molecular flexibility index (Phi) is 2.37. The van der Waals surface area contributed by atoms with Crippen LogP contribution in [0.25, 0.3) is 5.65 Å². The lowest BCUT2D eigenvalue weighted by Gasteiger charge is -2.14. The molecular formula is C15H17N3. The number of aromatic nitrogens is 3. The molecule has 2 heterocycles. The zero-order chi connectivity index (χ0) is 12.8. The molecule has 3 heteroatoms. The maximum atomic E-state index is 4.71. The Labute approximate surface area is 107 Å². The maximum absolute atomic E-state index is 4.71. The molecule has 0 saturated heterocycles. The molecule has 92 valence electrons. The van der Waals surface area contributed by atoms with E-state index in [-0.39, 0.29) is 5.41 Å². The SMILES string of the molecule is CC(C)(C)c1cc2nccc(C3C=CC=C3)n2n1. The van der Waals surface area contributed by atoms with Crippen LogP contribution in [0.1, 0.15) is 38.1 Å². The zero-order valence-corrected chi connectivity index (χ0v) is 11.0. The molecule has 1 aliphatic rings. The Hall–Kier alpha value is -1.90. The van der Waals surface area contributed by atoms with Crippen molar-refractivity contribution in [3.05, 3.63) is 54.0 Å². The molecule has 0 aliphatic heterocycles. The van der Waals surface area contributed by atoms with Gasteiger partial charge in [0.05, 0.1) is 11.4 Å². The summed E-state index contributed by atoms with van der Waals surface area (Å²) < 4.78 is 1.96. The zero-order valence-electron chi connectivity index (χ0n) is 11.0. The molecule has 0 radical (unpaired) electrons. The molecule has 0 unspecified atom stereocenters. The van der Waals surface area contributed by atoms with Crippen LogP contribution in [0.15, 0.2) is 42.6 Å². The van der Waals surface area contributed by atoms with Gasteiger partial charge < -0.3 is 0 Å². The standard InChI is InChI=1S/C15H17N3/c1-15(2,3)13-10-14-16-9-8-12(18(14)17-13)11-6-4-5-7-11/h4-11H,1-3H3. The molecule has 3 nitrogen and oxygen atoms in total. The highest BCUT2D eigenvalue weighted by Crippen LogP contribution is 2.26. The third kappa shape index (κ3) is 1.76. The highest BCUT2D eigenvalue weighted by molar-refractivity contribution is 5.44. The van der Waals surface area contributed by atoms with E-state index in [0.29, 0.717) is 5.92 Å². The molecular weight excluding hydrogens is 222 g/mol. The number of rotatable bonds is 1. The van der Waals surface area contributed by atoms with Crippen LogP contribution in [-0.2, 0) is 5.41 Å². The van der Waals surface area contributed by atoms with Crippen LogP contribution in [0.4, 0.5) is 0 Å². The second-order valence-corrected chi connectivity index (χ2v) is 5.71. The normalized spacial score (nSPS) is 15.9. The number of hydrogen-bond donors (Lipinski definition) is 0. The van der Waals surface area contributed by atoms with Gasteiger partial charge in [-0.15, -0.1) is 0 Å². The molecule has 0 aromatic carbocycles. The van der Waals surface area contributed by atoms with Crippen LogP contribution in [0.2, 0.25) is 0 Å². The van der Waals surface area contributed by atoms with Crippen molar-refractivity contribution in [2.75, 3.05) is 0 Å². The first-order valence-electron chi connectivity index (χ1n) is 6.26. The van der Waals surface area contributed by atoms with Gasteiger partial charge in [-0.05, 0) is 6.07 Å². The molecule has 0 N–H and O–H groups in total. The quantitative estimate of drug-likeness (QED) is 0.764. The second kappa shape index (κ2) is 3.80. The summed E-state index contributed by atoms with van der Waals surface area (Å²) in [5.74, 6) is 0.309. The van der Waals surface area contributed by atoms with Gasteiger partial charge in [-0.3, -0.25) is 0 Å². The highest BCUT2D eigenvalue weighted by atomic mass is 15.3. The summed E-state index contributed by atoms with van der Waals surface area (Å²) in [7, 11) is 0. The van der Waals surface area contributed by atoms with E-state index in [9.17, 15) is 0 Å². The van der Waals surface area contributed by atoms with Crippen molar-refractivity contribution in [2.45, 2.75) is 32.1 Å². The van der Waals surface area contributed by atoms with E-state index in [0.717, 1.165) is 11.3 Å². The summed E-state index contributed by atoms with van der Waals surface area (Å²) in [5.41, 5.74) is 3.21. The summed E-state index contributed by atoms with van der Waals surface area (Å²) in [5, 5.41) is 4.71. The first kappa shape index (κ1) is 11.2. The Morgan fingerprint density at radius 1 is 1.17 bits per heavy atom. The van der Waals surface area contributed by atoms with E-state index in [4.69, 9.17) is 5.10 Å². The largest absolute Gasteiger partial charge is 0.237 e. The fraction of sp³-hybridized carbons (Fsp3) is 0.333. The Morgan fingerprint density at radius 2 is 1.89 bits per heavy atom. The van der Waals surface area contributed by atoms with Crippen molar-refractivity contribution in [3.8, 4) is 0 Å². The van der Waals surface area contributed by atoms with E-state index in [1.807, 2.05) is 16.8 Å². The summed E-state index contributed by atoms with van der Waals surface area (Å²) in [4.78, 5) is 4.40. The molecule has 0 saturated carbocycles. The predicted molar refractivity (Wildman–Crippen MR) is 72.7 cm³/mol. The van der Waals surface area contributed by atoms with Crippen LogP contribution in [0, 0.1) is 0 Å². The minimum absolute atomic E-state index is 0.0479. The summed E-state index contributed by atoms with van der Waals surface area (Å²) >= 11 is 0. The van der Waals surface area contributed by atoms with Gasteiger partial charge in [0.2, 0.25) is 0 Å². The van der Waals surface area contributed by atoms with Crippen molar-refractivity contribution in [3.63, 3.8) is 0 Å². The van der Waals surface area contributed by atoms with E-state index < -0.39 is 0 Å². The second-order valence-electron chi connectivity index (χ2n) is 5.71. The van der Waals surface area contributed by atoms with Gasteiger partial charge in [-0.2, -0.15) is 5.10 Å². The molecule has 3 rings (SSSR count). The van der Waals surface area contributed by atoms with Crippen LogP contribution in [0.5, 0.6) is 0 Å². The van der Waals surface area contributed by atoms with Crippen molar-refractivity contribution >= 4 is 5.65 Å². The van der Waals surface area contributed by atoms with E-state index in [2.05, 4.69) is 56.1 Å². The van der Waals surface area contributed by atoms with Gasteiger partial charge in [-0.1, -0.05) is 45.1 Å². The third-order valence-corrected chi connectivity index (χ3v) is 3.25. The summed E-state index contributed by atoms with van der Waals surface area (Å²) in [6.07, 6.45) is 10.4. The van der Waals surface area contributed by atoms with Gasteiger partial charge >= 0.3 is 0 Å². The smallest absolute Gasteiger partial charge is 0.155 e. The Bertz CT molecular complexity index is 629. The monoisotopic (exact) mass is 239 g/mol. The minimum Gasteiger partial charge on any atom is -0.237 e. The van der Waals surface area contributed by atoms with Crippen LogP contribution < -0.4 is 0 Å². The van der Waals surface area contributed by atoms with Gasteiger partial charge in [0.15, 0.2) is 5.65 Å².